The number of halogens is 2. The normalized spacial score (nSPS) is 10.5. The number of alkyl halides is 1. The zero-order chi connectivity index (χ0) is 14.1. The Bertz CT molecular complexity index is 387. The highest BCUT2D eigenvalue weighted by Crippen LogP contribution is 2.33. The second kappa shape index (κ2) is 8.96. The van der Waals surface area contributed by atoms with Crippen LogP contribution in [0.3, 0.4) is 0 Å². The van der Waals surface area contributed by atoms with Crippen LogP contribution in [0.2, 0.25) is 0 Å². The number of benzene rings is 1. The summed E-state index contributed by atoms with van der Waals surface area (Å²) in [7, 11) is 3.14. The maximum atomic E-state index is 13.4. The SMILES string of the molecule is COCCOc1cc(F)cc(CCl)c1OCCOC. The van der Waals surface area contributed by atoms with Gasteiger partial charge in [-0.05, 0) is 6.07 Å². The average molecular weight is 293 g/mol. The fourth-order valence-electron chi connectivity index (χ4n) is 1.46. The topological polar surface area (TPSA) is 36.9 Å². The van der Waals surface area contributed by atoms with Crippen LogP contribution in [0.5, 0.6) is 11.5 Å². The van der Waals surface area contributed by atoms with E-state index < -0.39 is 5.82 Å². The van der Waals surface area contributed by atoms with Gasteiger partial charge in [-0.15, -0.1) is 11.6 Å². The minimum absolute atomic E-state index is 0.140. The molecule has 1 rings (SSSR count). The maximum absolute atomic E-state index is 13.4. The first-order valence-corrected chi connectivity index (χ1v) is 6.38. The molecule has 0 aromatic heterocycles. The number of hydrogen-bond acceptors (Lipinski definition) is 4. The van der Waals surface area contributed by atoms with E-state index in [4.69, 9.17) is 30.5 Å². The largest absolute Gasteiger partial charge is 0.487 e. The summed E-state index contributed by atoms with van der Waals surface area (Å²) in [6.07, 6.45) is 0. The van der Waals surface area contributed by atoms with Crippen LogP contribution in [-0.2, 0) is 15.4 Å². The first kappa shape index (κ1) is 16.0. The van der Waals surface area contributed by atoms with E-state index in [0.29, 0.717) is 43.5 Å². The predicted octanol–water partition coefficient (Wildman–Crippen LogP) is 2.61. The van der Waals surface area contributed by atoms with Crippen LogP contribution < -0.4 is 9.47 Å². The van der Waals surface area contributed by atoms with Gasteiger partial charge in [0.15, 0.2) is 11.5 Å². The average Bonchev–Trinajstić information content (AvgIpc) is 2.41. The Hall–Kier alpha value is -1.04. The van der Waals surface area contributed by atoms with Crippen molar-refractivity contribution in [1.82, 2.24) is 0 Å². The van der Waals surface area contributed by atoms with Crippen molar-refractivity contribution in [3.05, 3.63) is 23.5 Å². The van der Waals surface area contributed by atoms with Crippen LogP contribution in [0.4, 0.5) is 4.39 Å². The molecule has 0 heterocycles. The smallest absolute Gasteiger partial charge is 0.165 e. The van der Waals surface area contributed by atoms with Crippen molar-refractivity contribution >= 4 is 11.6 Å². The molecule has 1 aromatic carbocycles. The van der Waals surface area contributed by atoms with Crippen molar-refractivity contribution in [2.24, 2.45) is 0 Å². The minimum atomic E-state index is -0.415. The molecule has 0 aliphatic carbocycles. The quantitative estimate of drug-likeness (QED) is 0.518. The van der Waals surface area contributed by atoms with Gasteiger partial charge in [0, 0.05) is 25.8 Å². The molecule has 0 radical (unpaired) electrons. The van der Waals surface area contributed by atoms with Gasteiger partial charge < -0.3 is 18.9 Å². The van der Waals surface area contributed by atoms with Crippen molar-refractivity contribution in [3.63, 3.8) is 0 Å². The summed E-state index contributed by atoms with van der Waals surface area (Å²) in [5.74, 6) is 0.497. The molecule has 1 aromatic rings. The third-order valence-electron chi connectivity index (χ3n) is 2.32. The third-order valence-corrected chi connectivity index (χ3v) is 2.61. The van der Waals surface area contributed by atoms with Crippen molar-refractivity contribution in [1.29, 1.82) is 0 Å². The van der Waals surface area contributed by atoms with Crippen molar-refractivity contribution < 1.29 is 23.3 Å². The van der Waals surface area contributed by atoms with Gasteiger partial charge in [-0.3, -0.25) is 0 Å². The number of hydrogen-bond donors (Lipinski definition) is 0. The van der Waals surface area contributed by atoms with E-state index >= 15 is 0 Å². The van der Waals surface area contributed by atoms with Gasteiger partial charge in [0.05, 0.1) is 19.1 Å². The second-order valence-corrected chi connectivity index (χ2v) is 3.98. The van der Waals surface area contributed by atoms with E-state index in [1.54, 1.807) is 14.2 Å². The predicted molar refractivity (Wildman–Crippen MR) is 70.7 cm³/mol. The highest BCUT2D eigenvalue weighted by molar-refractivity contribution is 6.17. The Morgan fingerprint density at radius 1 is 1.00 bits per heavy atom. The summed E-state index contributed by atoms with van der Waals surface area (Å²) in [4.78, 5) is 0. The van der Waals surface area contributed by atoms with Crippen molar-refractivity contribution in [2.75, 3.05) is 40.6 Å². The zero-order valence-corrected chi connectivity index (χ0v) is 11.8. The molecule has 6 heteroatoms. The summed E-state index contributed by atoms with van der Waals surface area (Å²) in [5, 5.41) is 0. The number of rotatable bonds is 9. The number of methoxy groups -OCH3 is 2. The highest BCUT2D eigenvalue weighted by atomic mass is 35.5. The molecular weight excluding hydrogens is 275 g/mol. The summed E-state index contributed by atoms with van der Waals surface area (Å²) >= 11 is 5.79. The van der Waals surface area contributed by atoms with Crippen LogP contribution >= 0.6 is 11.6 Å². The van der Waals surface area contributed by atoms with Crippen LogP contribution in [0.25, 0.3) is 0 Å². The molecule has 0 fully saturated rings. The van der Waals surface area contributed by atoms with Crippen LogP contribution in [0, 0.1) is 5.82 Å². The van der Waals surface area contributed by atoms with E-state index in [0.717, 1.165) is 0 Å². The molecule has 0 aliphatic rings. The second-order valence-electron chi connectivity index (χ2n) is 3.71. The Morgan fingerprint density at radius 3 is 2.21 bits per heavy atom. The first-order valence-electron chi connectivity index (χ1n) is 5.84. The molecule has 0 unspecified atom stereocenters. The molecule has 0 N–H and O–H groups in total. The van der Waals surface area contributed by atoms with Gasteiger partial charge in [0.1, 0.15) is 19.0 Å². The monoisotopic (exact) mass is 292 g/mol. The highest BCUT2D eigenvalue weighted by Gasteiger charge is 2.13. The lowest BCUT2D eigenvalue weighted by molar-refractivity contribution is 0.131. The molecule has 19 heavy (non-hydrogen) atoms. The van der Waals surface area contributed by atoms with Crippen LogP contribution in [-0.4, -0.2) is 40.6 Å². The van der Waals surface area contributed by atoms with Crippen molar-refractivity contribution in [3.8, 4) is 11.5 Å². The summed E-state index contributed by atoms with van der Waals surface area (Å²) in [6.45, 7) is 1.48. The van der Waals surface area contributed by atoms with Gasteiger partial charge in [-0.1, -0.05) is 0 Å². The Balaban J connectivity index is 2.86. The van der Waals surface area contributed by atoms with E-state index in [2.05, 4.69) is 0 Å². The van der Waals surface area contributed by atoms with Crippen molar-refractivity contribution in [2.45, 2.75) is 5.88 Å². The fourth-order valence-corrected chi connectivity index (χ4v) is 1.65. The Morgan fingerprint density at radius 2 is 1.63 bits per heavy atom. The van der Waals surface area contributed by atoms with E-state index in [1.807, 2.05) is 0 Å². The zero-order valence-electron chi connectivity index (χ0n) is 11.1. The van der Waals surface area contributed by atoms with Crippen LogP contribution in [0.1, 0.15) is 5.56 Å². The summed E-state index contributed by atoms with van der Waals surface area (Å²) in [6, 6.07) is 2.60. The Kier molecular flexibility index (Phi) is 7.55. The molecule has 0 saturated carbocycles. The standard InChI is InChI=1S/C13H18ClFO4/c1-16-3-5-18-12-8-11(15)7-10(9-14)13(12)19-6-4-17-2/h7-8H,3-6,9H2,1-2H3. The van der Waals surface area contributed by atoms with Gasteiger partial charge in [0.2, 0.25) is 0 Å². The molecule has 0 spiro atoms. The molecule has 0 saturated heterocycles. The maximum Gasteiger partial charge on any atom is 0.165 e. The molecular formula is C13H18ClFO4. The summed E-state index contributed by atoms with van der Waals surface area (Å²) < 4.78 is 34.2. The molecule has 0 aliphatic heterocycles. The minimum Gasteiger partial charge on any atom is -0.487 e. The molecule has 0 amide bonds. The van der Waals surface area contributed by atoms with E-state index in [1.165, 1.54) is 12.1 Å². The van der Waals surface area contributed by atoms with E-state index in [-0.39, 0.29) is 5.88 Å². The lowest BCUT2D eigenvalue weighted by atomic mass is 10.2. The lowest BCUT2D eigenvalue weighted by Crippen LogP contribution is -2.10. The van der Waals surface area contributed by atoms with Gasteiger partial charge in [0.25, 0.3) is 0 Å². The third kappa shape index (κ3) is 5.22. The summed E-state index contributed by atoms with van der Waals surface area (Å²) in [5.41, 5.74) is 0.546. The molecule has 0 atom stereocenters. The molecule has 108 valence electrons. The number of ether oxygens (including phenoxy) is 4. The van der Waals surface area contributed by atoms with Gasteiger partial charge in [-0.25, -0.2) is 4.39 Å². The van der Waals surface area contributed by atoms with E-state index in [9.17, 15) is 4.39 Å². The van der Waals surface area contributed by atoms with Crippen LogP contribution in [0.15, 0.2) is 12.1 Å². The Labute approximate surface area is 117 Å². The molecule has 0 bridgehead atoms. The van der Waals surface area contributed by atoms with Gasteiger partial charge >= 0.3 is 0 Å². The lowest BCUT2D eigenvalue weighted by Gasteiger charge is -2.15. The first-order chi connectivity index (χ1) is 9.22. The molecule has 4 nitrogen and oxygen atoms in total. The fraction of sp³-hybridized carbons (Fsp3) is 0.538. The van der Waals surface area contributed by atoms with Gasteiger partial charge in [-0.2, -0.15) is 0 Å².